The van der Waals surface area contributed by atoms with Crippen molar-refractivity contribution in [3.63, 3.8) is 0 Å². The Morgan fingerprint density at radius 3 is 2.92 bits per heavy atom. The Labute approximate surface area is 70.6 Å². The number of methoxy groups -OCH3 is 1. The summed E-state index contributed by atoms with van der Waals surface area (Å²) < 4.78 is 4.95. The number of ether oxygens (including phenoxy) is 1. The molecule has 0 spiro atoms. The molecule has 0 aliphatic heterocycles. The first-order chi connectivity index (χ1) is 5.81. The first-order valence-electron chi connectivity index (χ1n) is 3.22. The van der Waals surface area contributed by atoms with Gasteiger partial charge in [-0.3, -0.25) is 0 Å². The molecule has 0 saturated heterocycles. The predicted molar refractivity (Wildman–Crippen MR) is 43.4 cm³/mol. The summed E-state index contributed by atoms with van der Waals surface area (Å²) in [6.45, 7) is 0. The Morgan fingerprint density at radius 2 is 2.42 bits per heavy atom. The standard InChI is InChI=1S/C9H6N2O/c1-3-7-6-11-8(5-10)4-9(7)12-2/h1,4,6H,2H3. The maximum atomic E-state index is 8.50. The van der Waals surface area contributed by atoms with Crippen molar-refractivity contribution in [3.05, 3.63) is 23.5 Å². The van der Waals surface area contributed by atoms with Crippen LogP contribution < -0.4 is 4.74 Å². The lowest BCUT2D eigenvalue weighted by atomic mass is 10.2. The molecule has 0 aliphatic carbocycles. The molecule has 0 fully saturated rings. The van der Waals surface area contributed by atoms with Gasteiger partial charge in [-0.2, -0.15) is 5.26 Å². The van der Waals surface area contributed by atoms with Crippen molar-refractivity contribution >= 4 is 0 Å². The van der Waals surface area contributed by atoms with E-state index in [-0.39, 0.29) is 0 Å². The highest BCUT2D eigenvalue weighted by molar-refractivity contribution is 5.45. The van der Waals surface area contributed by atoms with Crippen LogP contribution in [0.3, 0.4) is 0 Å². The number of nitrogens with zero attached hydrogens (tertiary/aromatic N) is 2. The van der Waals surface area contributed by atoms with Gasteiger partial charge in [0.15, 0.2) is 0 Å². The maximum absolute atomic E-state index is 8.50. The summed E-state index contributed by atoms with van der Waals surface area (Å²) in [5.41, 5.74) is 0.849. The average Bonchev–Trinajstić information content (AvgIpc) is 2.16. The quantitative estimate of drug-likeness (QED) is 0.571. The lowest BCUT2D eigenvalue weighted by Crippen LogP contribution is -1.91. The van der Waals surface area contributed by atoms with E-state index in [9.17, 15) is 0 Å². The predicted octanol–water partition coefficient (Wildman–Crippen LogP) is 0.943. The molecule has 0 radical (unpaired) electrons. The summed E-state index contributed by atoms with van der Waals surface area (Å²) in [4.78, 5) is 3.79. The molecule has 1 aromatic rings. The highest BCUT2D eigenvalue weighted by Gasteiger charge is 2.01. The smallest absolute Gasteiger partial charge is 0.144 e. The minimum atomic E-state index is 0.297. The molecule has 3 heteroatoms. The normalized spacial score (nSPS) is 8.25. The zero-order valence-electron chi connectivity index (χ0n) is 6.53. The van der Waals surface area contributed by atoms with E-state index < -0.39 is 0 Å². The minimum Gasteiger partial charge on any atom is -0.495 e. The molecule has 3 nitrogen and oxygen atoms in total. The third-order valence-corrected chi connectivity index (χ3v) is 1.36. The second kappa shape index (κ2) is 3.41. The Kier molecular flexibility index (Phi) is 2.30. The van der Waals surface area contributed by atoms with Gasteiger partial charge in [-0.25, -0.2) is 4.98 Å². The van der Waals surface area contributed by atoms with Crippen molar-refractivity contribution in [1.29, 1.82) is 5.26 Å². The van der Waals surface area contributed by atoms with E-state index in [4.69, 9.17) is 16.4 Å². The molecule has 0 aromatic carbocycles. The zero-order chi connectivity index (χ0) is 8.97. The van der Waals surface area contributed by atoms with E-state index in [1.54, 1.807) is 0 Å². The second-order valence-corrected chi connectivity index (χ2v) is 2.03. The van der Waals surface area contributed by atoms with Gasteiger partial charge >= 0.3 is 0 Å². The van der Waals surface area contributed by atoms with E-state index >= 15 is 0 Å². The van der Waals surface area contributed by atoms with Crippen LogP contribution in [-0.2, 0) is 0 Å². The number of terminal acetylenes is 1. The molecular weight excluding hydrogens is 152 g/mol. The fraction of sp³-hybridized carbons (Fsp3) is 0.111. The second-order valence-electron chi connectivity index (χ2n) is 2.03. The van der Waals surface area contributed by atoms with Gasteiger partial charge in [0, 0.05) is 12.3 Å². The third-order valence-electron chi connectivity index (χ3n) is 1.36. The topological polar surface area (TPSA) is 45.9 Å². The molecule has 1 rings (SSSR count). The highest BCUT2D eigenvalue weighted by Crippen LogP contribution is 2.16. The molecular formula is C9H6N2O. The molecule has 0 bridgehead atoms. The zero-order valence-corrected chi connectivity index (χ0v) is 6.53. The van der Waals surface area contributed by atoms with Crippen LogP contribution in [-0.4, -0.2) is 12.1 Å². The molecule has 0 amide bonds. The van der Waals surface area contributed by atoms with E-state index in [0.717, 1.165) is 0 Å². The van der Waals surface area contributed by atoms with Crippen LogP contribution in [0, 0.1) is 23.7 Å². The Balaban J connectivity index is 3.24. The van der Waals surface area contributed by atoms with E-state index in [1.807, 2.05) is 6.07 Å². The lowest BCUT2D eigenvalue weighted by Gasteiger charge is -2.01. The van der Waals surface area contributed by atoms with Crippen molar-refractivity contribution in [2.24, 2.45) is 0 Å². The molecule has 0 aliphatic rings. The summed E-state index contributed by atoms with van der Waals surface area (Å²) in [6, 6.07) is 3.40. The number of hydrogen-bond acceptors (Lipinski definition) is 3. The van der Waals surface area contributed by atoms with Crippen LogP contribution in [0.1, 0.15) is 11.3 Å². The number of nitriles is 1. The fourth-order valence-corrected chi connectivity index (χ4v) is 0.775. The van der Waals surface area contributed by atoms with Crippen molar-refractivity contribution in [2.45, 2.75) is 0 Å². The molecule has 58 valence electrons. The third kappa shape index (κ3) is 1.36. The summed E-state index contributed by atoms with van der Waals surface area (Å²) in [5, 5.41) is 8.50. The van der Waals surface area contributed by atoms with Crippen molar-refractivity contribution in [1.82, 2.24) is 4.98 Å². The number of rotatable bonds is 1. The van der Waals surface area contributed by atoms with E-state index in [2.05, 4.69) is 10.9 Å². The van der Waals surface area contributed by atoms with E-state index in [0.29, 0.717) is 17.0 Å². The summed E-state index contributed by atoms with van der Waals surface area (Å²) in [7, 11) is 1.50. The van der Waals surface area contributed by atoms with Crippen LogP contribution in [0.25, 0.3) is 0 Å². The molecule has 0 N–H and O–H groups in total. The summed E-state index contributed by atoms with van der Waals surface area (Å²) in [5.74, 6) is 2.90. The van der Waals surface area contributed by atoms with Gasteiger partial charge in [-0.15, -0.1) is 6.42 Å². The lowest BCUT2D eigenvalue weighted by molar-refractivity contribution is 0.413. The van der Waals surface area contributed by atoms with Gasteiger partial charge in [-0.1, -0.05) is 5.92 Å². The van der Waals surface area contributed by atoms with Crippen LogP contribution >= 0.6 is 0 Å². The molecule has 1 aromatic heterocycles. The van der Waals surface area contributed by atoms with Crippen LogP contribution in [0.5, 0.6) is 5.75 Å². The number of pyridine rings is 1. The summed E-state index contributed by atoms with van der Waals surface area (Å²) >= 11 is 0. The van der Waals surface area contributed by atoms with Crippen molar-refractivity contribution < 1.29 is 4.74 Å². The Morgan fingerprint density at radius 1 is 1.67 bits per heavy atom. The van der Waals surface area contributed by atoms with Gasteiger partial charge in [0.25, 0.3) is 0 Å². The maximum Gasteiger partial charge on any atom is 0.144 e. The van der Waals surface area contributed by atoms with Gasteiger partial charge in [0.1, 0.15) is 17.5 Å². The summed E-state index contributed by atoms with van der Waals surface area (Å²) in [6.07, 6.45) is 6.61. The molecule has 0 unspecified atom stereocenters. The number of aromatic nitrogens is 1. The average molecular weight is 158 g/mol. The minimum absolute atomic E-state index is 0.297. The highest BCUT2D eigenvalue weighted by atomic mass is 16.5. The number of hydrogen-bond donors (Lipinski definition) is 0. The molecule has 1 heterocycles. The first kappa shape index (κ1) is 8.10. The Bertz CT molecular complexity index is 371. The van der Waals surface area contributed by atoms with Crippen molar-refractivity contribution in [3.8, 4) is 24.2 Å². The Hall–Kier alpha value is -2.00. The fourth-order valence-electron chi connectivity index (χ4n) is 0.775. The molecule has 12 heavy (non-hydrogen) atoms. The van der Waals surface area contributed by atoms with Crippen molar-refractivity contribution in [2.75, 3.05) is 7.11 Å². The molecule has 0 saturated carbocycles. The SMILES string of the molecule is C#Cc1cnc(C#N)cc1OC. The van der Waals surface area contributed by atoms with Gasteiger partial charge in [0.2, 0.25) is 0 Å². The monoisotopic (exact) mass is 158 g/mol. The van der Waals surface area contributed by atoms with Crippen LogP contribution in [0.15, 0.2) is 12.3 Å². The van der Waals surface area contributed by atoms with Crippen LogP contribution in [0.4, 0.5) is 0 Å². The van der Waals surface area contributed by atoms with Gasteiger partial charge in [0.05, 0.1) is 12.7 Å². The largest absolute Gasteiger partial charge is 0.495 e. The molecule has 0 atom stereocenters. The van der Waals surface area contributed by atoms with E-state index in [1.165, 1.54) is 19.4 Å². The first-order valence-corrected chi connectivity index (χ1v) is 3.22. The van der Waals surface area contributed by atoms with Gasteiger partial charge < -0.3 is 4.74 Å². The van der Waals surface area contributed by atoms with Crippen LogP contribution in [0.2, 0.25) is 0 Å². The van der Waals surface area contributed by atoms with Gasteiger partial charge in [-0.05, 0) is 0 Å².